The second-order valence-corrected chi connectivity index (χ2v) is 8.80. The molecule has 0 saturated heterocycles. The van der Waals surface area contributed by atoms with Gasteiger partial charge in [-0.15, -0.1) is 12.1 Å². The number of nitrogens with zero attached hydrogens (tertiary/aromatic N) is 1. The first kappa shape index (κ1) is 20.7. The van der Waals surface area contributed by atoms with Crippen LogP contribution in [0.3, 0.4) is 0 Å². The molecule has 1 aromatic heterocycles. The summed E-state index contributed by atoms with van der Waals surface area (Å²) in [5, 5.41) is 0. The van der Waals surface area contributed by atoms with E-state index in [0.717, 1.165) is 19.3 Å². The molecule has 0 bridgehead atoms. The van der Waals surface area contributed by atoms with Gasteiger partial charge < -0.3 is 0 Å². The molecule has 29 heavy (non-hydrogen) atoms. The molecule has 2 aromatic rings. The second-order valence-electron chi connectivity index (χ2n) is 8.80. The van der Waals surface area contributed by atoms with Crippen LogP contribution in [0.15, 0.2) is 78.0 Å². The van der Waals surface area contributed by atoms with Crippen LogP contribution >= 0.6 is 0 Å². The van der Waals surface area contributed by atoms with Crippen LogP contribution in [0.2, 0.25) is 0 Å². The van der Waals surface area contributed by atoms with Crippen LogP contribution in [0.5, 0.6) is 0 Å². The molecule has 1 saturated carbocycles. The Balaban J connectivity index is 0.00000205. The first-order valence-electron chi connectivity index (χ1n) is 10.7. The van der Waals surface area contributed by atoms with Gasteiger partial charge in [0.2, 0.25) is 0 Å². The average Bonchev–Trinajstić information content (AvgIpc) is 3.36. The van der Waals surface area contributed by atoms with E-state index in [4.69, 9.17) is 0 Å². The quantitative estimate of drug-likeness (QED) is 0.197. The second kappa shape index (κ2) is 7.61. The smallest absolute Gasteiger partial charge is 0.154 e. The molecule has 5 rings (SSSR count). The summed E-state index contributed by atoms with van der Waals surface area (Å²) in [5.41, 5.74) is 7.88. The van der Waals surface area contributed by atoms with E-state index in [2.05, 4.69) is 98.3 Å². The van der Waals surface area contributed by atoms with Crippen LogP contribution in [0.25, 0.3) is 5.57 Å². The Hall–Kier alpha value is -1.54. The molecule has 3 aliphatic rings. The number of fused-ring (bicyclic) bond motifs is 6. The number of hydrogen-bond donors (Lipinski definition) is 0. The van der Waals surface area contributed by atoms with Crippen molar-refractivity contribution in [2.45, 2.75) is 52.0 Å². The number of pyridine rings is 1. The zero-order valence-electron chi connectivity index (χ0n) is 17.7. The van der Waals surface area contributed by atoms with Crippen molar-refractivity contribution >= 4 is 5.57 Å². The third kappa shape index (κ3) is 2.93. The molecule has 3 unspecified atom stereocenters. The zero-order valence-corrected chi connectivity index (χ0v) is 21.3. The van der Waals surface area contributed by atoms with Crippen LogP contribution in [0.4, 0.5) is 0 Å². The van der Waals surface area contributed by atoms with E-state index >= 15 is 0 Å². The first-order chi connectivity index (χ1) is 13.6. The van der Waals surface area contributed by atoms with Gasteiger partial charge in [-0.25, -0.2) is 0 Å². The van der Waals surface area contributed by atoms with E-state index in [1.807, 2.05) is 0 Å². The number of allylic oxidation sites excluding steroid dienone is 6. The maximum atomic E-state index is 3.38. The molecule has 2 heterocycles. The Morgan fingerprint density at radius 1 is 1.24 bits per heavy atom. The molecule has 3 atom stereocenters. The van der Waals surface area contributed by atoms with Gasteiger partial charge in [-0.05, 0) is 61.3 Å². The summed E-state index contributed by atoms with van der Waals surface area (Å²) in [6, 6.07) is 18.6. The van der Waals surface area contributed by atoms with Crippen LogP contribution in [-0.4, -0.2) is 0 Å². The summed E-state index contributed by atoms with van der Waals surface area (Å²) >= 11 is 0. The molecule has 146 valence electrons. The van der Waals surface area contributed by atoms with Crippen molar-refractivity contribution in [2.75, 3.05) is 0 Å². The SMILES string of the molecule is CC=CC12CC1(C)[n+]1cc[c-]cc1C1=C(Cc3ccccc3)C(CC)=CCC12.[Hf]. The van der Waals surface area contributed by atoms with E-state index in [1.165, 1.54) is 23.3 Å². The van der Waals surface area contributed by atoms with E-state index in [9.17, 15) is 0 Å². The predicted octanol–water partition coefficient (Wildman–Crippen LogP) is 5.82. The Labute approximate surface area is 194 Å². The molecule has 1 fully saturated rings. The fraction of sp³-hybridized carbons (Fsp3) is 0.370. The largest absolute Gasteiger partial charge is 0.300 e. The standard InChI is InChI=1S/C27H29N.Hf/c1-4-16-27-19-26(27,3)28-17-10-9-13-24(28)25-22(18-20-11-7-6-8-12-20)21(5-2)14-15-23(25)27;/h4,6-8,10-14,16-17,23H,5,15,18-19H2,1-3H3;. The number of aromatic nitrogens is 1. The molecule has 2 aliphatic carbocycles. The van der Waals surface area contributed by atoms with Gasteiger partial charge in [0.05, 0.1) is 11.6 Å². The van der Waals surface area contributed by atoms with Gasteiger partial charge in [0.25, 0.3) is 0 Å². The van der Waals surface area contributed by atoms with Crippen molar-refractivity contribution in [1.82, 2.24) is 0 Å². The normalized spacial score (nSPS) is 29.5. The average molecular weight is 546 g/mol. The van der Waals surface area contributed by atoms with Gasteiger partial charge in [0.1, 0.15) is 5.69 Å². The summed E-state index contributed by atoms with van der Waals surface area (Å²) in [6.07, 6.45) is 14.1. The Bertz CT molecular complexity index is 1020. The molecule has 0 N–H and O–H groups in total. The fourth-order valence-corrected chi connectivity index (χ4v) is 6.07. The van der Waals surface area contributed by atoms with Gasteiger partial charge >= 0.3 is 0 Å². The Morgan fingerprint density at radius 3 is 2.76 bits per heavy atom. The summed E-state index contributed by atoms with van der Waals surface area (Å²) < 4.78 is 2.55. The van der Waals surface area contributed by atoms with Crippen molar-refractivity contribution in [3.63, 3.8) is 0 Å². The maximum Gasteiger partial charge on any atom is 0.154 e. The Kier molecular flexibility index (Phi) is 5.44. The molecule has 2 heteroatoms. The predicted molar refractivity (Wildman–Crippen MR) is 115 cm³/mol. The Morgan fingerprint density at radius 2 is 2.03 bits per heavy atom. The summed E-state index contributed by atoms with van der Waals surface area (Å²) in [5.74, 6) is 0.568. The summed E-state index contributed by atoms with van der Waals surface area (Å²) in [4.78, 5) is 0. The van der Waals surface area contributed by atoms with E-state index in [0.29, 0.717) is 5.92 Å². The van der Waals surface area contributed by atoms with Crippen LogP contribution < -0.4 is 4.57 Å². The topological polar surface area (TPSA) is 3.88 Å². The third-order valence-electron chi connectivity index (χ3n) is 7.47. The number of hydrogen-bond acceptors (Lipinski definition) is 0. The van der Waals surface area contributed by atoms with Gasteiger partial charge in [-0.3, -0.25) is 4.57 Å². The fourth-order valence-electron chi connectivity index (χ4n) is 6.07. The molecular formula is C27H29HfN. The van der Waals surface area contributed by atoms with Crippen molar-refractivity contribution in [3.8, 4) is 0 Å². The third-order valence-corrected chi connectivity index (χ3v) is 7.47. The van der Waals surface area contributed by atoms with E-state index in [1.54, 1.807) is 11.1 Å². The molecule has 0 amide bonds. The summed E-state index contributed by atoms with van der Waals surface area (Å²) in [7, 11) is 0. The minimum absolute atomic E-state index is 0. The molecular weight excluding hydrogens is 517 g/mol. The van der Waals surface area contributed by atoms with Crippen molar-refractivity contribution < 1.29 is 30.4 Å². The van der Waals surface area contributed by atoms with Crippen LogP contribution in [0, 0.1) is 17.4 Å². The van der Waals surface area contributed by atoms with Crippen molar-refractivity contribution in [2.24, 2.45) is 11.3 Å². The maximum absolute atomic E-state index is 3.38. The minimum Gasteiger partial charge on any atom is -0.300 e. The molecule has 1 aliphatic heterocycles. The van der Waals surface area contributed by atoms with Gasteiger partial charge in [-0.1, -0.05) is 55.5 Å². The van der Waals surface area contributed by atoms with Crippen LogP contribution in [0.1, 0.15) is 51.3 Å². The van der Waals surface area contributed by atoms with Crippen molar-refractivity contribution in [3.05, 3.63) is 95.4 Å². The van der Waals surface area contributed by atoms with E-state index < -0.39 is 0 Å². The zero-order chi connectivity index (χ0) is 19.4. The monoisotopic (exact) mass is 547 g/mol. The molecule has 0 spiro atoms. The van der Waals surface area contributed by atoms with E-state index in [-0.39, 0.29) is 36.8 Å². The molecule has 1 nitrogen and oxygen atoms in total. The van der Waals surface area contributed by atoms with Crippen LogP contribution in [-0.2, 0) is 37.8 Å². The van der Waals surface area contributed by atoms with Gasteiger partial charge in [-0.2, -0.15) is 6.07 Å². The first-order valence-corrected chi connectivity index (χ1v) is 10.7. The minimum atomic E-state index is 0. The van der Waals surface area contributed by atoms with Gasteiger partial charge in [0.15, 0.2) is 5.54 Å². The van der Waals surface area contributed by atoms with Crippen molar-refractivity contribution in [1.29, 1.82) is 0 Å². The van der Waals surface area contributed by atoms with Gasteiger partial charge in [0, 0.05) is 32.3 Å². The summed E-state index contributed by atoms with van der Waals surface area (Å²) in [6.45, 7) is 6.93. The molecule has 1 aromatic carbocycles. The number of benzene rings is 1. The molecule has 0 radical (unpaired) electrons. The number of rotatable bonds is 4.